The molecule has 4 heterocycles. The molecule has 222 valence electrons. The number of aromatic nitrogens is 6. The van der Waals surface area contributed by atoms with E-state index < -0.39 is 0 Å². The van der Waals surface area contributed by atoms with Gasteiger partial charge in [-0.3, -0.25) is 9.13 Å². The van der Waals surface area contributed by atoms with Crippen LogP contribution in [0.15, 0.2) is 146 Å². The standard InChI is InChI=1S/C38H28N6O2/c1-3-11-27(12-4-1)25-45-35-17-7-15-31-29(35)23-33(43(31)37-39-19-9-20-40-37)34-24-30-32(44(34)38-41-21-10-22-42-38)16-8-18-36(30)46-26-28-13-5-2-6-14-28/h1-24H,25-26H2. The van der Waals surface area contributed by atoms with Crippen molar-refractivity contribution in [3.8, 4) is 34.8 Å². The van der Waals surface area contributed by atoms with Gasteiger partial charge in [0.25, 0.3) is 0 Å². The zero-order chi connectivity index (χ0) is 30.7. The van der Waals surface area contributed by atoms with Crippen molar-refractivity contribution in [2.75, 3.05) is 0 Å². The molecule has 0 unspecified atom stereocenters. The largest absolute Gasteiger partial charge is 0.488 e. The van der Waals surface area contributed by atoms with Crippen LogP contribution >= 0.6 is 0 Å². The highest BCUT2D eigenvalue weighted by Crippen LogP contribution is 2.40. The lowest BCUT2D eigenvalue weighted by Crippen LogP contribution is -2.06. The number of hydrogen-bond donors (Lipinski definition) is 0. The quantitative estimate of drug-likeness (QED) is 0.167. The Morgan fingerprint density at radius 2 is 0.848 bits per heavy atom. The molecule has 0 spiro atoms. The van der Waals surface area contributed by atoms with E-state index in [1.54, 1.807) is 24.8 Å². The molecule has 4 aromatic heterocycles. The van der Waals surface area contributed by atoms with Crippen LogP contribution in [0.4, 0.5) is 0 Å². The van der Waals surface area contributed by atoms with Crippen LogP contribution in [0.5, 0.6) is 11.5 Å². The van der Waals surface area contributed by atoms with Crippen molar-refractivity contribution in [3.63, 3.8) is 0 Å². The van der Waals surface area contributed by atoms with Crippen LogP contribution < -0.4 is 9.47 Å². The number of benzene rings is 4. The molecule has 8 heteroatoms. The van der Waals surface area contributed by atoms with Crippen LogP contribution in [0.2, 0.25) is 0 Å². The van der Waals surface area contributed by atoms with Gasteiger partial charge >= 0.3 is 0 Å². The topological polar surface area (TPSA) is 79.9 Å². The summed E-state index contributed by atoms with van der Waals surface area (Å²) in [5.74, 6) is 2.61. The molecular weight excluding hydrogens is 572 g/mol. The van der Waals surface area contributed by atoms with Gasteiger partial charge in [-0.2, -0.15) is 0 Å². The maximum atomic E-state index is 6.41. The Morgan fingerprint density at radius 1 is 0.435 bits per heavy atom. The molecule has 8 nitrogen and oxygen atoms in total. The molecule has 0 saturated carbocycles. The molecule has 4 aromatic carbocycles. The van der Waals surface area contributed by atoms with Crippen LogP contribution in [-0.2, 0) is 13.2 Å². The maximum absolute atomic E-state index is 6.41. The molecule has 0 aliphatic carbocycles. The highest BCUT2D eigenvalue weighted by atomic mass is 16.5. The van der Waals surface area contributed by atoms with Crippen molar-refractivity contribution in [2.45, 2.75) is 13.2 Å². The van der Waals surface area contributed by atoms with Crippen LogP contribution in [0.25, 0.3) is 45.1 Å². The number of nitrogens with zero attached hydrogens (tertiary/aromatic N) is 6. The summed E-state index contributed by atoms with van der Waals surface area (Å²) < 4.78 is 16.9. The fourth-order valence-electron chi connectivity index (χ4n) is 5.75. The summed E-state index contributed by atoms with van der Waals surface area (Å²) in [5, 5.41) is 1.87. The Kier molecular flexibility index (Phi) is 7.12. The first-order chi connectivity index (χ1) is 22.8. The molecule has 8 aromatic rings. The van der Waals surface area contributed by atoms with Crippen molar-refractivity contribution in [1.29, 1.82) is 0 Å². The van der Waals surface area contributed by atoms with Gasteiger partial charge in [-0.15, -0.1) is 0 Å². The molecule has 46 heavy (non-hydrogen) atoms. The summed E-state index contributed by atoms with van der Waals surface area (Å²) in [6.07, 6.45) is 7.00. The van der Waals surface area contributed by atoms with Crippen molar-refractivity contribution in [1.82, 2.24) is 29.1 Å². The van der Waals surface area contributed by atoms with E-state index in [0.717, 1.165) is 55.8 Å². The van der Waals surface area contributed by atoms with Gasteiger partial charge < -0.3 is 9.47 Å². The van der Waals surface area contributed by atoms with Crippen molar-refractivity contribution >= 4 is 21.8 Å². The van der Waals surface area contributed by atoms with E-state index in [9.17, 15) is 0 Å². The molecule has 0 N–H and O–H groups in total. The molecule has 0 atom stereocenters. The molecule has 0 amide bonds. The van der Waals surface area contributed by atoms with Gasteiger partial charge in [-0.25, -0.2) is 19.9 Å². The van der Waals surface area contributed by atoms with Crippen LogP contribution in [0, 0.1) is 0 Å². The van der Waals surface area contributed by atoms with Crippen LogP contribution in [0.1, 0.15) is 11.1 Å². The lowest BCUT2D eigenvalue weighted by molar-refractivity contribution is 0.310. The Hall–Kier alpha value is -6.28. The molecule has 0 radical (unpaired) electrons. The van der Waals surface area contributed by atoms with Crippen LogP contribution in [-0.4, -0.2) is 29.1 Å². The molecule has 0 fully saturated rings. The third kappa shape index (κ3) is 5.11. The summed E-state index contributed by atoms with van der Waals surface area (Å²) >= 11 is 0. The van der Waals surface area contributed by atoms with E-state index in [1.807, 2.05) is 72.8 Å². The first kappa shape index (κ1) is 27.3. The van der Waals surface area contributed by atoms with E-state index in [2.05, 4.69) is 77.6 Å². The maximum Gasteiger partial charge on any atom is 0.234 e. The van der Waals surface area contributed by atoms with Gasteiger partial charge in [0.2, 0.25) is 11.9 Å². The third-order valence-corrected chi connectivity index (χ3v) is 7.85. The number of hydrogen-bond acceptors (Lipinski definition) is 6. The SMILES string of the molecule is c1ccc(COc2cccc3c2cc(-c2cc4c(OCc5ccccc5)cccc4n2-c2ncccn2)n3-c2ncccn2)cc1. The predicted molar refractivity (Wildman–Crippen MR) is 178 cm³/mol. The second kappa shape index (κ2) is 12.0. The molecule has 0 saturated heterocycles. The minimum absolute atomic E-state index is 0.447. The summed E-state index contributed by atoms with van der Waals surface area (Å²) in [7, 11) is 0. The lowest BCUT2D eigenvalue weighted by atomic mass is 10.2. The summed E-state index contributed by atoms with van der Waals surface area (Å²) in [4.78, 5) is 18.7. The predicted octanol–water partition coefficient (Wildman–Crippen LogP) is 7.98. The Labute approximate surface area is 265 Å². The summed E-state index contributed by atoms with van der Waals surface area (Å²) in [5.41, 5.74) is 5.73. The minimum atomic E-state index is 0.447. The van der Waals surface area contributed by atoms with Gasteiger partial charge in [0.15, 0.2) is 0 Å². The summed E-state index contributed by atoms with van der Waals surface area (Å²) in [6, 6.07) is 40.3. The second-order valence-corrected chi connectivity index (χ2v) is 10.8. The number of rotatable bonds is 9. The van der Waals surface area contributed by atoms with Crippen LogP contribution in [0.3, 0.4) is 0 Å². The van der Waals surface area contributed by atoms with Gasteiger partial charge in [0.1, 0.15) is 24.7 Å². The van der Waals surface area contributed by atoms with Gasteiger partial charge in [-0.1, -0.05) is 72.8 Å². The molecular formula is C38H28N6O2. The molecule has 0 aliphatic heterocycles. The average molecular weight is 601 g/mol. The van der Waals surface area contributed by atoms with Gasteiger partial charge in [0.05, 0.1) is 22.4 Å². The van der Waals surface area contributed by atoms with E-state index in [0.29, 0.717) is 25.1 Å². The second-order valence-electron chi connectivity index (χ2n) is 10.8. The van der Waals surface area contributed by atoms with E-state index in [-0.39, 0.29) is 0 Å². The zero-order valence-electron chi connectivity index (χ0n) is 24.8. The third-order valence-electron chi connectivity index (χ3n) is 7.85. The first-order valence-electron chi connectivity index (χ1n) is 15.0. The highest BCUT2D eigenvalue weighted by molar-refractivity contribution is 5.97. The number of fused-ring (bicyclic) bond motifs is 2. The number of ether oxygens (including phenoxy) is 2. The van der Waals surface area contributed by atoms with E-state index >= 15 is 0 Å². The van der Waals surface area contributed by atoms with Gasteiger partial charge in [-0.05, 0) is 59.7 Å². The fraction of sp³-hybridized carbons (Fsp3) is 0.0526. The fourth-order valence-corrected chi connectivity index (χ4v) is 5.75. The Balaban J connectivity index is 1.33. The Bertz CT molecular complexity index is 2090. The normalized spacial score (nSPS) is 11.2. The lowest BCUT2D eigenvalue weighted by Gasteiger charge is -2.12. The molecule has 0 bridgehead atoms. The van der Waals surface area contributed by atoms with Crippen molar-refractivity contribution in [3.05, 3.63) is 157 Å². The van der Waals surface area contributed by atoms with Crippen molar-refractivity contribution in [2.24, 2.45) is 0 Å². The van der Waals surface area contributed by atoms with E-state index in [4.69, 9.17) is 9.47 Å². The summed E-state index contributed by atoms with van der Waals surface area (Å²) in [6.45, 7) is 0.894. The smallest absolute Gasteiger partial charge is 0.234 e. The molecule has 8 rings (SSSR count). The van der Waals surface area contributed by atoms with Gasteiger partial charge in [0, 0.05) is 35.6 Å². The molecule has 0 aliphatic rings. The van der Waals surface area contributed by atoms with Crippen molar-refractivity contribution < 1.29 is 9.47 Å². The zero-order valence-corrected chi connectivity index (χ0v) is 24.8. The first-order valence-corrected chi connectivity index (χ1v) is 15.0. The Morgan fingerprint density at radius 3 is 1.26 bits per heavy atom. The monoisotopic (exact) mass is 600 g/mol. The minimum Gasteiger partial charge on any atom is -0.488 e. The van der Waals surface area contributed by atoms with E-state index in [1.165, 1.54) is 0 Å². The average Bonchev–Trinajstić information content (AvgIpc) is 3.71. The highest BCUT2D eigenvalue weighted by Gasteiger charge is 2.23.